The zero-order valence-corrected chi connectivity index (χ0v) is 18.1. The molecule has 3 rings (SSSR count). The van der Waals surface area contributed by atoms with E-state index in [2.05, 4.69) is 40.8 Å². The summed E-state index contributed by atoms with van der Waals surface area (Å²) in [7, 11) is 0. The molecule has 28 heavy (non-hydrogen) atoms. The van der Waals surface area contributed by atoms with Crippen molar-refractivity contribution in [1.29, 1.82) is 0 Å². The van der Waals surface area contributed by atoms with Gasteiger partial charge in [-0.1, -0.05) is 32.0 Å². The van der Waals surface area contributed by atoms with Gasteiger partial charge in [-0.25, -0.2) is 4.39 Å². The van der Waals surface area contributed by atoms with Crippen LogP contribution in [0.25, 0.3) is 0 Å². The summed E-state index contributed by atoms with van der Waals surface area (Å²) in [6.45, 7) is 9.97. The van der Waals surface area contributed by atoms with Gasteiger partial charge in [0.15, 0.2) is 5.82 Å². The maximum absolute atomic E-state index is 14.0. The van der Waals surface area contributed by atoms with Crippen molar-refractivity contribution in [3.63, 3.8) is 0 Å². The normalized spacial score (nSPS) is 17.4. The quantitative estimate of drug-likeness (QED) is 0.501. The van der Waals surface area contributed by atoms with Crippen molar-refractivity contribution in [3.8, 4) is 0 Å². The molecular weight excluding hydrogens is 375 g/mol. The highest BCUT2D eigenvalue weighted by Crippen LogP contribution is 2.27. The first-order valence-electron chi connectivity index (χ1n) is 9.74. The fourth-order valence-corrected chi connectivity index (χ4v) is 3.63. The minimum absolute atomic E-state index is 0.0475. The lowest BCUT2D eigenvalue weighted by atomic mass is 9.96. The number of nitrogens with zero attached hydrogens (tertiary/aromatic N) is 4. The van der Waals surface area contributed by atoms with Crippen molar-refractivity contribution in [1.82, 2.24) is 10.1 Å². The topological polar surface area (TPSA) is 54.5 Å². The molecule has 1 aliphatic rings. The van der Waals surface area contributed by atoms with E-state index in [-0.39, 0.29) is 17.3 Å². The lowest BCUT2D eigenvalue weighted by Crippen LogP contribution is -2.34. The largest absolute Gasteiger partial charge is 0.324 e. The Balaban J connectivity index is 1.55. The van der Waals surface area contributed by atoms with Crippen LogP contribution in [0, 0.1) is 11.7 Å². The summed E-state index contributed by atoms with van der Waals surface area (Å²) >= 11 is 1.42. The van der Waals surface area contributed by atoms with E-state index in [0.29, 0.717) is 16.8 Å². The summed E-state index contributed by atoms with van der Waals surface area (Å²) < 4.78 is 19.4. The van der Waals surface area contributed by atoms with Gasteiger partial charge in [0, 0.05) is 29.6 Å². The highest BCUT2D eigenvalue weighted by molar-refractivity contribution is 7.98. The Bertz CT molecular complexity index is 822. The van der Waals surface area contributed by atoms with Crippen LogP contribution in [0.3, 0.4) is 0 Å². The number of aliphatic imine (C=N–C) groups is 1. The Labute approximate surface area is 170 Å². The van der Waals surface area contributed by atoms with E-state index < -0.39 is 0 Å². The molecule has 0 aliphatic carbocycles. The molecular formula is C21H29FN4OS. The van der Waals surface area contributed by atoms with Gasteiger partial charge in [0.25, 0.3) is 0 Å². The van der Waals surface area contributed by atoms with E-state index in [9.17, 15) is 4.39 Å². The molecule has 152 valence electrons. The highest BCUT2D eigenvalue weighted by Gasteiger charge is 2.26. The average molecular weight is 405 g/mol. The number of anilines is 1. The van der Waals surface area contributed by atoms with Gasteiger partial charge in [-0.3, -0.25) is 4.99 Å². The molecule has 0 saturated carbocycles. The van der Waals surface area contributed by atoms with Gasteiger partial charge >= 0.3 is 6.01 Å². The Morgan fingerprint density at radius 2 is 2.04 bits per heavy atom. The van der Waals surface area contributed by atoms with Crippen LogP contribution in [0.1, 0.15) is 58.0 Å². The van der Waals surface area contributed by atoms with E-state index in [1.54, 1.807) is 6.07 Å². The van der Waals surface area contributed by atoms with Crippen molar-refractivity contribution >= 4 is 24.0 Å². The number of hydrogen-bond acceptors (Lipinski definition) is 6. The highest BCUT2D eigenvalue weighted by atomic mass is 32.2. The molecule has 7 heteroatoms. The van der Waals surface area contributed by atoms with E-state index >= 15 is 0 Å². The summed E-state index contributed by atoms with van der Waals surface area (Å²) in [4.78, 5) is 12.0. The van der Waals surface area contributed by atoms with Crippen molar-refractivity contribution in [3.05, 3.63) is 35.4 Å². The molecule has 1 aromatic carbocycles. The maximum Gasteiger partial charge on any atom is 0.324 e. The minimum Gasteiger partial charge on any atom is -0.324 e. The third kappa shape index (κ3) is 4.93. The zero-order chi connectivity index (χ0) is 20.3. The second-order valence-electron chi connectivity index (χ2n) is 8.34. The predicted molar refractivity (Wildman–Crippen MR) is 113 cm³/mol. The predicted octanol–water partition coefficient (Wildman–Crippen LogP) is 5.28. The van der Waals surface area contributed by atoms with Crippen LogP contribution in [0.2, 0.25) is 0 Å². The van der Waals surface area contributed by atoms with E-state index in [0.717, 1.165) is 37.3 Å². The fourth-order valence-electron chi connectivity index (χ4n) is 3.17. The summed E-state index contributed by atoms with van der Waals surface area (Å²) in [5.74, 6) is 0.980. The third-order valence-corrected chi connectivity index (χ3v) is 5.85. The molecule has 0 bridgehead atoms. The molecule has 1 aromatic heterocycles. The third-order valence-electron chi connectivity index (χ3n) is 5.08. The number of aromatic nitrogens is 2. The molecule has 1 unspecified atom stereocenters. The lowest BCUT2D eigenvalue weighted by Gasteiger charge is -2.28. The number of benzene rings is 1. The van der Waals surface area contributed by atoms with Gasteiger partial charge in [0.1, 0.15) is 5.82 Å². The Hall–Kier alpha value is -1.89. The van der Waals surface area contributed by atoms with Gasteiger partial charge in [-0.15, -0.1) is 11.8 Å². The molecule has 1 fully saturated rings. The first-order chi connectivity index (χ1) is 13.3. The standard InChI is InChI=1S/C21H29FN4OS/c1-14(16-6-7-18(28-5)17(22)12-16)23-13-15-8-10-26(11-9-15)20-24-19(25-27-20)21(2,3)4/h6-7,12-15H,8-11H2,1-5H3. The molecule has 0 N–H and O–H groups in total. The summed E-state index contributed by atoms with van der Waals surface area (Å²) in [6.07, 6.45) is 5.90. The molecule has 1 aliphatic heterocycles. The Morgan fingerprint density at radius 3 is 2.61 bits per heavy atom. The Morgan fingerprint density at radius 1 is 1.32 bits per heavy atom. The second kappa shape index (κ2) is 8.64. The number of rotatable bonds is 5. The van der Waals surface area contributed by atoms with Crippen LogP contribution in [-0.4, -0.2) is 35.7 Å². The number of thioether (sulfide) groups is 1. The van der Waals surface area contributed by atoms with Crippen molar-refractivity contribution < 1.29 is 8.91 Å². The molecule has 5 nitrogen and oxygen atoms in total. The molecule has 0 radical (unpaired) electrons. The van der Waals surface area contributed by atoms with Crippen LogP contribution in [0.4, 0.5) is 10.4 Å². The summed E-state index contributed by atoms with van der Waals surface area (Å²) in [6, 6.07) is 5.95. The molecule has 2 heterocycles. The van der Waals surface area contributed by atoms with Crippen LogP contribution >= 0.6 is 11.8 Å². The Kier molecular flexibility index (Phi) is 6.43. The zero-order valence-electron chi connectivity index (χ0n) is 17.3. The lowest BCUT2D eigenvalue weighted by molar-refractivity contribution is 0.378. The number of hydrogen-bond donors (Lipinski definition) is 0. The molecule has 1 atom stereocenters. The number of halogens is 1. The van der Waals surface area contributed by atoms with Crippen LogP contribution < -0.4 is 4.90 Å². The maximum atomic E-state index is 14.0. The van der Waals surface area contributed by atoms with E-state index in [1.165, 1.54) is 11.8 Å². The molecule has 1 saturated heterocycles. The smallest absolute Gasteiger partial charge is 0.324 e. The van der Waals surface area contributed by atoms with Gasteiger partial charge < -0.3 is 9.42 Å². The van der Waals surface area contributed by atoms with Gasteiger partial charge in [0.05, 0.1) is 6.04 Å². The monoisotopic (exact) mass is 404 g/mol. The molecule has 0 spiro atoms. The first-order valence-corrected chi connectivity index (χ1v) is 11.0. The van der Waals surface area contributed by atoms with Crippen molar-refractivity contribution in [2.24, 2.45) is 10.9 Å². The van der Waals surface area contributed by atoms with Crippen molar-refractivity contribution in [2.45, 2.75) is 56.9 Å². The van der Waals surface area contributed by atoms with E-state index in [4.69, 9.17) is 4.52 Å². The van der Waals surface area contributed by atoms with Gasteiger partial charge in [-0.2, -0.15) is 4.98 Å². The average Bonchev–Trinajstić information content (AvgIpc) is 3.17. The number of piperidine rings is 1. The molecule has 2 aromatic rings. The summed E-state index contributed by atoms with van der Waals surface area (Å²) in [5.41, 5.74) is 0.792. The van der Waals surface area contributed by atoms with Gasteiger partial charge in [0.2, 0.25) is 0 Å². The van der Waals surface area contributed by atoms with Crippen molar-refractivity contribution in [2.75, 3.05) is 24.2 Å². The van der Waals surface area contributed by atoms with Gasteiger partial charge in [-0.05, 0) is 49.6 Å². The SMILES string of the molecule is CSc1ccc(C(C)N=CC2CCN(c3nc(C(C)(C)C)no3)CC2)cc1F. The molecule has 0 amide bonds. The summed E-state index contributed by atoms with van der Waals surface area (Å²) in [5, 5.41) is 4.11. The minimum atomic E-state index is -0.172. The first kappa shape index (κ1) is 20.8. The fraction of sp³-hybridized carbons (Fsp3) is 0.571. The van der Waals surface area contributed by atoms with Crippen LogP contribution in [0.15, 0.2) is 32.6 Å². The van der Waals surface area contributed by atoms with Crippen LogP contribution in [-0.2, 0) is 5.41 Å². The second-order valence-corrected chi connectivity index (χ2v) is 9.19. The van der Waals surface area contributed by atoms with E-state index in [1.807, 2.05) is 31.5 Å². The van der Waals surface area contributed by atoms with Crippen LogP contribution in [0.5, 0.6) is 0 Å².